The SMILES string of the molecule is COC(=O)[C@@H]1CC[C@](C)(OC)C[C@H]1Cc1cc(OC)c2c(OC)cc([Si](C)(C)C)c(OC)c2c1OC. The van der Waals surface area contributed by atoms with Crippen LogP contribution in [0, 0.1) is 11.8 Å². The Balaban J connectivity index is 2.31. The van der Waals surface area contributed by atoms with Crippen LogP contribution in [0.1, 0.15) is 31.7 Å². The first-order valence-corrected chi connectivity index (χ1v) is 15.9. The van der Waals surface area contributed by atoms with Gasteiger partial charge in [0.15, 0.2) is 0 Å². The van der Waals surface area contributed by atoms with E-state index in [-0.39, 0.29) is 23.4 Å². The monoisotopic (exact) mass is 518 g/mol. The van der Waals surface area contributed by atoms with Crippen LogP contribution < -0.4 is 24.1 Å². The largest absolute Gasteiger partial charge is 0.496 e. The van der Waals surface area contributed by atoms with Gasteiger partial charge in [-0.15, -0.1) is 0 Å². The van der Waals surface area contributed by atoms with Crippen LogP contribution in [-0.2, 0) is 20.7 Å². The second-order valence-corrected chi connectivity index (χ2v) is 16.0. The summed E-state index contributed by atoms with van der Waals surface area (Å²) < 4.78 is 34.9. The van der Waals surface area contributed by atoms with Crippen molar-refractivity contribution < 1.29 is 33.2 Å². The summed E-state index contributed by atoms with van der Waals surface area (Å²) in [5.74, 6) is 2.53. The van der Waals surface area contributed by atoms with Crippen molar-refractivity contribution in [2.24, 2.45) is 11.8 Å². The van der Waals surface area contributed by atoms with Crippen LogP contribution in [-0.4, -0.2) is 62.3 Å². The molecule has 0 heterocycles. The molecule has 7 nitrogen and oxygen atoms in total. The third-order valence-corrected chi connectivity index (χ3v) is 9.68. The zero-order valence-corrected chi connectivity index (χ0v) is 24.5. The quantitative estimate of drug-likeness (QED) is 0.343. The molecule has 1 aliphatic carbocycles. The highest BCUT2D eigenvalue weighted by Gasteiger charge is 2.42. The van der Waals surface area contributed by atoms with Gasteiger partial charge in [0, 0.05) is 7.11 Å². The molecule has 200 valence electrons. The van der Waals surface area contributed by atoms with Crippen LogP contribution >= 0.6 is 0 Å². The summed E-state index contributed by atoms with van der Waals surface area (Å²) in [7, 11) is 8.08. The van der Waals surface area contributed by atoms with Gasteiger partial charge < -0.3 is 28.4 Å². The molecule has 2 aromatic carbocycles. The fourth-order valence-corrected chi connectivity index (χ4v) is 7.15. The lowest BCUT2D eigenvalue weighted by Gasteiger charge is -2.41. The Labute approximate surface area is 216 Å². The van der Waals surface area contributed by atoms with Crippen LogP contribution in [0.5, 0.6) is 23.0 Å². The number of benzene rings is 2. The van der Waals surface area contributed by atoms with Crippen molar-refractivity contribution in [2.75, 3.05) is 42.7 Å². The summed E-state index contributed by atoms with van der Waals surface area (Å²) in [5, 5.41) is 2.80. The molecule has 8 heteroatoms. The first-order valence-electron chi connectivity index (χ1n) is 12.4. The third kappa shape index (κ3) is 5.16. The van der Waals surface area contributed by atoms with E-state index in [1.165, 1.54) is 7.11 Å². The van der Waals surface area contributed by atoms with E-state index >= 15 is 0 Å². The average Bonchev–Trinajstić information content (AvgIpc) is 2.86. The Bertz CT molecular complexity index is 1110. The van der Waals surface area contributed by atoms with E-state index in [2.05, 4.69) is 32.6 Å². The molecular weight excluding hydrogens is 476 g/mol. The summed E-state index contributed by atoms with van der Waals surface area (Å²) in [5.41, 5.74) is 0.657. The smallest absolute Gasteiger partial charge is 0.308 e. The molecule has 3 rings (SSSR count). The molecule has 3 atom stereocenters. The third-order valence-electron chi connectivity index (χ3n) is 7.70. The summed E-state index contributed by atoms with van der Waals surface area (Å²) in [6.07, 6.45) is 2.87. The molecular formula is C28H42O7Si. The van der Waals surface area contributed by atoms with Crippen LogP contribution in [0.4, 0.5) is 0 Å². The summed E-state index contributed by atoms with van der Waals surface area (Å²) in [4.78, 5) is 12.7. The lowest BCUT2D eigenvalue weighted by molar-refractivity contribution is -0.152. The Morgan fingerprint density at radius 1 is 0.917 bits per heavy atom. The van der Waals surface area contributed by atoms with Gasteiger partial charge in [0.05, 0.1) is 65.9 Å². The Kier molecular flexibility index (Phi) is 8.50. The molecule has 0 radical (unpaired) electrons. The minimum atomic E-state index is -1.82. The molecule has 0 amide bonds. The molecule has 0 aliphatic heterocycles. The number of carbonyl (C=O) groups is 1. The number of fused-ring (bicyclic) bond motifs is 1. The summed E-state index contributed by atoms with van der Waals surface area (Å²) >= 11 is 0. The number of rotatable bonds is 9. The van der Waals surface area contributed by atoms with Crippen molar-refractivity contribution in [3.8, 4) is 23.0 Å². The molecule has 36 heavy (non-hydrogen) atoms. The molecule has 1 fully saturated rings. The van der Waals surface area contributed by atoms with Crippen molar-refractivity contribution in [2.45, 2.75) is 57.8 Å². The standard InChI is InChI=1S/C28H42O7Si/c1-28(35-7)12-11-19(27(29)34-6)18(16-28)13-17-14-20(30-2)23-21(31-3)15-22(36(8,9)10)26(33-5)24(23)25(17)32-4/h14-15,18-19H,11-13,16H2,1-10H3/t18-,19-,28+/m1/s1. The van der Waals surface area contributed by atoms with Crippen LogP contribution in [0.25, 0.3) is 10.8 Å². The fourth-order valence-electron chi connectivity index (χ4n) is 5.67. The molecule has 0 N–H and O–H groups in total. The van der Waals surface area contributed by atoms with Crippen molar-refractivity contribution in [3.05, 3.63) is 17.7 Å². The number of ether oxygens (including phenoxy) is 6. The maximum Gasteiger partial charge on any atom is 0.308 e. The second-order valence-electron chi connectivity index (χ2n) is 10.9. The summed E-state index contributed by atoms with van der Waals surface area (Å²) in [6.45, 7) is 8.94. The molecule has 0 saturated heterocycles. The number of methoxy groups -OCH3 is 6. The van der Waals surface area contributed by atoms with E-state index < -0.39 is 8.07 Å². The first-order chi connectivity index (χ1) is 17.0. The minimum absolute atomic E-state index is 0.0141. The molecule has 1 saturated carbocycles. The van der Waals surface area contributed by atoms with E-state index in [9.17, 15) is 4.79 Å². The number of esters is 1. The molecule has 0 aromatic heterocycles. The average molecular weight is 519 g/mol. The van der Waals surface area contributed by atoms with Gasteiger partial charge in [-0.3, -0.25) is 4.79 Å². The second kappa shape index (κ2) is 10.9. The fraction of sp³-hybridized carbons (Fsp3) is 0.607. The number of hydrogen-bond donors (Lipinski definition) is 0. The Morgan fingerprint density at radius 2 is 1.53 bits per heavy atom. The Hall–Kier alpha value is -2.45. The maximum absolute atomic E-state index is 12.7. The van der Waals surface area contributed by atoms with Gasteiger partial charge in [0.2, 0.25) is 0 Å². The van der Waals surface area contributed by atoms with Gasteiger partial charge in [-0.1, -0.05) is 19.6 Å². The zero-order chi connectivity index (χ0) is 26.8. The highest BCUT2D eigenvalue weighted by Crippen LogP contribution is 2.48. The number of hydrogen-bond acceptors (Lipinski definition) is 7. The molecule has 0 bridgehead atoms. The van der Waals surface area contributed by atoms with Gasteiger partial charge in [0.25, 0.3) is 0 Å². The van der Waals surface area contributed by atoms with Gasteiger partial charge in [-0.25, -0.2) is 0 Å². The van der Waals surface area contributed by atoms with Crippen LogP contribution in [0.15, 0.2) is 12.1 Å². The lowest BCUT2D eigenvalue weighted by atomic mass is 9.70. The Morgan fingerprint density at radius 3 is 2.03 bits per heavy atom. The van der Waals surface area contributed by atoms with Crippen LogP contribution in [0.3, 0.4) is 0 Å². The van der Waals surface area contributed by atoms with Gasteiger partial charge in [-0.05, 0) is 61.4 Å². The minimum Gasteiger partial charge on any atom is -0.496 e. The van der Waals surface area contributed by atoms with Gasteiger partial charge in [-0.2, -0.15) is 0 Å². The van der Waals surface area contributed by atoms with Crippen molar-refractivity contribution in [3.63, 3.8) is 0 Å². The van der Waals surface area contributed by atoms with Crippen molar-refractivity contribution in [1.82, 2.24) is 0 Å². The van der Waals surface area contributed by atoms with Crippen molar-refractivity contribution in [1.29, 1.82) is 0 Å². The highest BCUT2D eigenvalue weighted by atomic mass is 28.3. The zero-order valence-electron chi connectivity index (χ0n) is 23.5. The lowest BCUT2D eigenvalue weighted by Crippen LogP contribution is -2.42. The predicted molar refractivity (Wildman–Crippen MR) is 145 cm³/mol. The molecule has 0 unspecified atom stereocenters. The molecule has 2 aromatic rings. The maximum atomic E-state index is 12.7. The van der Waals surface area contributed by atoms with E-state index in [1.807, 2.05) is 6.07 Å². The van der Waals surface area contributed by atoms with E-state index in [0.29, 0.717) is 24.3 Å². The van der Waals surface area contributed by atoms with E-state index in [0.717, 1.165) is 45.9 Å². The van der Waals surface area contributed by atoms with Crippen molar-refractivity contribution >= 4 is 30.0 Å². The van der Waals surface area contributed by atoms with Gasteiger partial charge >= 0.3 is 5.97 Å². The molecule has 1 aliphatic rings. The van der Waals surface area contributed by atoms with Gasteiger partial charge in [0.1, 0.15) is 23.0 Å². The highest BCUT2D eigenvalue weighted by molar-refractivity contribution is 6.89. The van der Waals surface area contributed by atoms with E-state index in [1.54, 1.807) is 35.5 Å². The normalized spacial score (nSPS) is 22.3. The van der Waals surface area contributed by atoms with E-state index in [4.69, 9.17) is 28.4 Å². The summed E-state index contributed by atoms with van der Waals surface area (Å²) in [6, 6.07) is 4.08. The molecule has 0 spiro atoms. The predicted octanol–water partition coefficient (Wildman–Crippen LogP) is 4.96. The topological polar surface area (TPSA) is 72.5 Å². The number of carbonyl (C=O) groups excluding carboxylic acids is 1. The van der Waals surface area contributed by atoms with Crippen LogP contribution in [0.2, 0.25) is 19.6 Å². The first kappa shape index (κ1) is 28.1.